The minimum absolute atomic E-state index is 1.17. The largest absolute Gasteiger partial charge is 0.317 e. The molecular weight excluding hydrogens is 188 g/mol. The average Bonchev–Trinajstić information content (AvgIpc) is 1.30. The molecule has 0 heterocycles. The van der Waals surface area contributed by atoms with E-state index in [0.717, 1.165) is 0 Å². The highest BCUT2D eigenvalue weighted by Gasteiger charge is 1.90. The van der Waals surface area contributed by atoms with Crippen LogP contribution in [0.3, 0.4) is 0 Å². The van der Waals surface area contributed by atoms with Crippen LogP contribution in [-0.2, 0) is 28.8 Å². The second-order valence-corrected chi connectivity index (χ2v) is 10.9. The van der Waals surface area contributed by atoms with E-state index in [9.17, 15) is 0 Å². The fourth-order valence-electron chi connectivity index (χ4n) is 0.0860. The summed E-state index contributed by atoms with van der Waals surface area (Å²) in [5.41, 5.74) is 0. The summed E-state index contributed by atoms with van der Waals surface area (Å²) in [6.45, 7) is -2.13. The third-order valence-electron chi connectivity index (χ3n) is 0.154. The van der Waals surface area contributed by atoms with Crippen molar-refractivity contribution in [3.63, 3.8) is 0 Å². The molecule has 1 N–H and O–H groups in total. The van der Waals surface area contributed by atoms with Gasteiger partial charge in [0.2, 0.25) is 0 Å². The van der Waals surface area contributed by atoms with Crippen LogP contribution in [0.4, 0.5) is 0 Å². The lowest BCUT2D eigenvalue weighted by molar-refractivity contribution is 0.668. The van der Waals surface area contributed by atoms with E-state index < -0.39 is 6.46 Å². The lowest BCUT2D eigenvalue weighted by atomic mass is 12.0. The Hall–Kier alpha value is 1.45. The smallest absolute Gasteiger partial charge is 0.0787 e. The van der Waals surface area contributed by atoms with Crippen molar-refractivity contribution >= 4 is 49.5 Å². The summed E-state index contributed by atoms with van der Waals surface area (Å²) < 4.78 is 8.67. The van der Waals surface area contributed by atoms with E-state index >= 15 is 0 Å². The van der Waals surface area contributed by atoms with Gasteiger partial charge in [0, 0.05) is 9.83 Å². The molecule has 7 heavy (non-hydrogen) atoms. The lowest BCUT2D eigenvalue weighted by Crippen LogP contribution is -1.77. The molecule has 0 aromatic rings. The van der Waals surface area contributed by atoms with Crippen LogP contribution in [-0.4, -0.2) is 10.8 Å². The summed E-state index contributed by atoms with van der Waals surface area (Å²) in [6, 6.07) is 0. The minimum Gasteiger partial charge on any atom is -0.317 e. The zero-order chi connectivity index (χ0) is 5.91. The molecule has 0 bridgehead atoms. The van der Waals surface area contributed by atoms with Crippen LogP contribution in [0.2, 0.25) is 0 Å². The van der Waals surface area contributed by atoms with Crippen molar-refractivity contribution in [3.05, 3.63) is 0 Å². The maximum atomic E-state index is 8.67. The third-order valence-corrected chi connectivity index (χ3v) is 7.16. The molecule has 0 aromatic carbocycles. The molecule has 44 valence electrons. The van der Waals surface area contributed by atoms with Crippen LogP contribution in [0.15, 0.2) is 0 Å². The number of hydrogen-bond acceptors (Lipinski definition) is 4. The molecule has 0 rings (SSSR count). The molecule has 0 amide bonds. The maximum absolute atomic E-state index is 8.67. The van der Waals surface area contributed by atoms with Crippen LogP contribution in [0, 0.1) is 0 Å². The van der Waals surface area contributed by atoms with E-state index in [0.29, 0.717) is 0 Å². The van der Waals surface area contributed by atoms with Crippen LogP contribution >= 0.6 is 20.6 Å². The quantitative estimate of drug-likeness (QED) is 0.666. The van der Waals surface area contributed by atoms with Gasteiger partial charge in [0.05, 0.1) is 6.46 Å². The van der Waals surface area contributed by atoms with Gasteiger partial charge in [-0.15, -0.1) is 0 Å². The molecule has 0 aliphatic carbocycles. The summed E-state index contributed by atoms with van der Waals surface area (Å²) in [5, 5.41) is 0. The topological polar surface area (TPSA) is 20.2 Å². The molecule has 0 unspecified atom stereocenters. The van der Waals surface area contributed by atoms with Gasteiger partial charge in [-0.1, -0.05) is 10.8 Å². The van der Waals surface area contributed by atoms with E-state index in [-0.39, 0.29) is 0 Å². The van der Waals surface area contributed by atoms with Crippen molar-refractivity contribution in [3.8, 4) is 0 Å². The molecule has 0 aromatic heterocycles. The Kier molecular flexibility index (Phi) is 4.19. The maximum Gasteiger partial charge on any atom is 0.0787 e. The predicted octanol–water partition coefficient (Wildman–Crippen LogP) is 1.46. The Morgan fingerprint density at radius 1 is 1.57 bits per heavy atom. The van der Waals surface area contributed by atoms with Crippen LogP contribution < -0.4 is 0 Å². The Bertz CT molecular complexity index is 121. The van der Waals surface area contributed by atoms with Crippen molar-refractivity contribution in [2.75, 3.05) is 6.26 Å². The first-order valence-corrected chi connectivity index (χ1v) is 7.77. The van der Waals surface area contributed by atoms with Gasteiger partial charge in [-0.3, -0.25) is 0 Å². The van der Waals surface area contributed by atoms with Crippen molar-refractivity contribution in [1.29, 1.82) is 0 Å². The predicted molar refractivity (Wildman–Crippen MR) is 45.8 cm³/mol. The van der Waals surface area contributed by atoms with Gasteiger partial charge in [0.25, 0.3) is 0 Å². The van der Waals surface area contributed by atoms with Crippen molar-refractivity contribution in [1.82, 2.24) is 0 Å². The third kappa shape index (κ3) is 7.45. The molecule has 1 nitrogen and oxygen atoms in total. The highest BCUT2D eigenvalue weighted by Crippen LogP contribution is 2.23. The number of hydrogen-bond donors (Lipinski definition) is 1. The Balaban J connectivity index is 3.60. The Morgan fingerprint density at radius 3 is 2.00 bits per heavy atom. The normalized spacial score (nSPS) is 11.7. The van der Waals surface area contributed by atoms with Gasteiger partial charge in [0.15, 0.2) is 0 Å². The Morgan fingerprint density at radius 2 is 2.00 bits per heavy atom. The average molecular weight is 192 g/mol. The van der Waals surface area contributed by atoms with Crippen molar-refractivity contribution < 1.29 is 4.55 Å². The van der Waals surface area contributed by atoms with E-state index in [1.807, 2.05) is 6.26 Å². The van der Waals surface area contributed by atoms with Crippen LogP contribution in [0.25, 0.3) is 0 Å². The fraction of sp³-hybridized carbons (Fsp3) is 1.00. The SMILES string of the molecule is CSSS(O)(=S)=S. The highest BCUT2D eigenvalue weighted by atomic mass is 33.7. The molecule has 0 spiro atoms. The van der Waals surface area contributed by atoms with Gasteiger partial charge in [-0.05, 0) is 28.6 Å². The van der Waals surface area contributed by atoms with E-state index in [2.05, 4.69) is 22.4 Å². The van der Waals surface area contributed by atoms with Gasteiger partial charge in [-0.25, -0.2) is 0 Å². The first kappa shape index (κ1) is 8.45. The second kappa shape index (κ2) is 3.47. The molecule has 0 aliphatic heterocycles. The molecule has 0 aliphatic rings. The molecular formula is CH4OS5. The van der Waals surface area contributed by atoms with E-state index in [1.165, 1.54) is 20.6 Å². The summed E-state index contributed by atoms with van der Waals surface area (Å²) in [6.07, 6.45) is 1.83. The molecule has 0 atom stereocenters. The van der Waals surface area contributed by atoms with Gasteiger partial charge >= 0.3 is 0 Å². The first-order valence-electron chi connectivity index (χ1n) is 1.26. The van der Waals surface area contributed by atoms with Gasteiger partial charge in [-0.2, -0.15) is 0 Å². The summed E-state index contributed by atoms with van der Waals surface area (Å²) in [5.74, 6) is 0. The number of rotatable bonds is 2. The van der Waals surface area contributed by atoms with Crippen molar-refractivity contribution in [2.24, 2.45) is 0 Å². The van der Waals surface area contributed by atoms with E-state index in [1.54, 1.807) is 0 Å². The zero-order valence-corrected chi connectivity index (χ0v) is 7.57. The summed E-state index contributed by atoms with van der Waals surface area (Å²) in [4.78, 5) is 0. The second-order valence-electron chi connectivity index (χ2n) is 0.662. The minimum atomic E-state index is -2.13. The highest BCUT2D eigenvalue weighted by molar-refractivity contribution is 9.17. The lowest BCUT2D eigenvalue weighted by Gasteiger charge is -1.92. The van der Waals surface area contributed by atoms with Crippen molar-refractivity contribution in [2.45, 2.75) is 0 Å². The first-order chi connectivity index (χ1) is 3.06. The molecule has 0 saturated heterocycles. The van der Waals surface area contributed by atoms with Crippen LogP contribution in [0.1, 0.15) is 0 Å². The van der Waals surface area contributed by atoms with E-state index in [4.69, 9.17) is 4.55 Å². The Labute approximate surface area is 60.1 Å². The van der Waals surface area contributed by atoms with Gasteiger partial charge < -0.3 is 4.55 Å². The molecule has 0 saturated carbocycles. The zero-order valence-electron chi connectivity index (χ0n) is 3.49. The molecule has 0 radical (unpaired) electrons. The summed E-state index contributed by atoms with van der Waals surface area (Å²) in [7, 11) is 2.58. The molecule has 0 fully saturated rings. The summed E-state index contributed by atoms with van der Waals surface area (Å²) >= 11 is 8.96. The monoisotopic (exact) mass is 192 g/mol. The van der Waals surface area contributed by atoms with Gasteiger partial charge in [0.1, 0.15) is 0 Å². The van der Waals surface area contributed by atoms with Crippen LogP contribution in [0.5, 0.6) is 0 Å². The standard InChI is InChI=1S/CH4OS5/c1-5-6-7(2,3)4/h1H3,(H,2,3,4). The molecule has 6 heteroatoms. The fourth-order valence-corrected chi connectivity index (χ4v) is 5.32.